The highest BCUT2D eigenvalue weighted by Crippen LogP contribution is 2.44. The highest BCUT2D eigenvalue weighted by atomic mass is 35.5. The Balaban J connectivity index is 1.26. The van der Waals surface area contributed by atoms with Gasteiger partial charge in [0.1, 0.15) is 11.4 Å². The minimum Gasteiger partial charge on any atom is -0.493 e. The molecule has 13 heteroatoms. The van der Waals surface area contributed by atoms with E-state index in [4.69, 9.17) is 26.5 Å². The van der Waals surface area contributed by atoms with Crippen molar-refractivity contribution in [1.29, 1.82) is 0 Å². The van der Waals surface area contributed by atoms with Gasteiger partial charge in [-0.1, -0.05) is 35.9 Å². The summed E-state index contributed by atoms with van der Waals surface area (Å²) in [4.78, 5) is 16.8. The molecule has 0 unspecified atom stereocenters. The first-order valence-electron chi connectivity index (χ1n) is 18.5. The van der Waals surface area contributed by atoms with Crippen LogP contribution >= 0.6 is 35.1 Å². The van der Waals surface area contributed by atoms with E-state index in [2.05, 4.69) is 42.2 Å². The van der Waals surface area contributed by atoms with E-state index in [9.17, 15) is 15.0 Å². The fraction of sp³-hybridized carbons (Fsp3) is 0.390. The third kappa shape index (κ3) is 7.26. The van der Waals surface area contributed by atoms with Gasteiger partial charge < -0.3 is 24.4 Å². The number of aliphatic hydroxyl groups excluding tert-OH is 1. The molecule has 282 valence electrons. The number of nitrogens with zero attached hydrogens (tertiary/aromatic N) is 6. The van der Waals surface area contributed by atoms with E-state index in [0.29, 0.717) is 49.0 Å². The second-order valence-electron chi connectivity index (χ2n) is 14.3. The van der Waals surface area contributed by atoms with Gasteiger partial charge in [-0.3, -0.25) is 9.36 Å². The van der Waals surface area contributed by atoms with Crippen molar-refractivity contribution in [2.45, 2.75) is 67.4 Å². The normalized spacial score (nSPS) is 16.4. The van der Waals surface area contributed by atoms with Gasteiger partial charge in [-0.25, -0.2) is 4.79 Å². The molecule has 3 aromatic carbocycles. The van der Waals surface area contributed by atoms with Gasteiger partial charge >= 0.3 is 5.97 Å². The number of hydrogen-bond acceptors (Lipinski definition) is 8. The van der Waals surface area contributed by atoms with Gasteiger partial charge in [0.25, 0.3) is 0 Å². The maximum atomic E-state index is 13.4. The van der Waals surface area contributed by atoms with Crippen LogP contribution in [0.3, 0.4) is 0 Å². The van der Waals surface area contributed by atoms with Gasteiger partial charge in [0.05, 0.1) is 24.1 Å². The number of rotatable bonds is 4. The van der Waals surface area contributed by atoms with Gasteiger partial charge in [-0.15, -0.1) is 23.5 Å². The number of likely N-dealkylation sites (tertiary alicyclic amines) is 1. The van der Waals surface area contributed by atoms with E-state index >= 15 is 0 Å². The van der Waals surface area contributed by atoms with Crippen LogP contribution in [0.25, 0.3) is 32.8 Å². The molecule has 5 heterocycles. The molecule has 10 nitrogen and oxygen atoms in total. The molecular formula is C41H45ClN6O4S2. The molecule has 0 amide bonds. The lowest BCUT2D eigenvalue weighted by Gasteiger charge is -2.29. The lowest BCUT2D eigenvalue weighted by Crippen LogP contribution is -2.37. The van der Waals surface area contributed by atoms with E-state index in [1.807, 2.05) is 52.3 Å². The maximum Gasteiger partial charge on any atom is 0.352 e. The first-order valence-corrected chi connectivity index (χ1v) is 21.1. The maximum absolute atomic E-state index is 13.4. The monoisotopic (exact) mass is 784 g/mol. The van der Waals surface area contributed by atoms with Crippen LogP contribution in [0.15, 0.2) is 59.5 Å². The van der Waals surface area contributed by atoms with Gasteiger partial charge in [0.15, 0.2) is 0 Å². The molecule has 2 N–H and O–H groups in total. The number of aromatic nitrogens is 5. The fourth-order valence-electron chi connectivity index (χ4n) is 8.02. The Kier molecular flexibility index (Phi) is 10.7. The summed E-state index contributed by atoms with van der Waals surface area (Å²) in [6.07, 6.45) is 2.29. The molecule has 8 bridgehead atoms. The molecule has 0 radical (unpaired) electrons. The van der Waals surface area contributed by atoms with Crippen LogP contribution in [0.4, 0.5) is 0 Å². The zero-order valence-electron chi connectivity index (χ0n) is 30.8. The standard InChI is InChI=1S/C41H45ClN6O4S2/c1-25-37-34(44-45(25)2)24-53-22-27-20-28(46(3)43-27)23-54-30-19-26-7-4-5-8-31(26)36(21-30)52-18-6-14-48-35-10-9-33(42)39(37)38(35)32(40(48)41(50)51)13-17-47-15-11-29(49)12-16-47/h4-5,7-10,19-21,29,49H,6,11-18,22-24H2,1-3H3,(H,50,51). The zero-order chi connectivity index (χ0) is 37.5. The van der Waals surface area contributed by atoms with E-state index < -0.39 is 5.97 Å². The van der Waals surface area contributed by atoms with Gasteiger partial charge in [0, 0.05) is 106 Å². The van der Waals surface area contributed by atoms with Crippen molar-refractivity contribution in [2.24, 2.45) is 14.1 Å². The summed E-state index contributed by atoms with van der Waals surface area (Å²) in [5.74, 6) is 1.99. The third-order valence-electron chi connectivity index (χ3n) is 10.9. The summed E-state index contributed by atoms with van der Waals surface area (Å²) in [6, 6.07) is 18.7. The van der Waals surface area contributed by atoms with Crippen molar-refractivity contribution in [2.75, 3.05) is 26.2 Å². The molecule has 0 spiro atoms. The second kappa shape index (κ2) is 15.7. The first-order chi connectivity index (χ1) is 26.2. The topological polar surface area (TPSA) is 111 Å². The highest BCUT2D eigenvalue weighted by Gasteiger charge is 2.29. The number of aromatic carboxylic acids is 1. The average Bonchev–Trinajstić information content (AvgIpc) is 3.77. The van der Waals surface area contributed by atoms with Gasteiger partial charge in [-0.05, 0) is 73.9 Å². The SMILES string of the molecule is Cc1c2c(nn1C)CSCc1cc(n(C)n1)CSc1cc(c3ccccc3c1)OCCCn1c(C(=O)O)c(CCN3CCC(O)CC3)c3c-2c(Cl)ccc31. The predicted octanol–water partition coefficient (Wildman–Crippen LogP) is 8.10. The summed E-state index contributed by atoms with van der Waals surface area (Å²) < 4.78 is 12.4. The number of thioether (sulfide) groups is 2. The zero-order valence-corrected chi connectivity index (χ0v) is 33.2. The van der Waals surface area contributed by atoms with E-state index in [-0.39, 0.29) is 6.10 Å². The molecule has 0 saturated carbocycles. The first kappa shape index (κ1) is 37.0. The minimum absolute atomic E-state index is 0.281. The molecule has 2 aliphatic heterocycles. The molecule has 6 aromatic rings. The number of benzene rings is 3. The quantitative estimate of drug-likeness (QED) is 0.183. The molecular weight excluding hydrogens is 740 g/mol. The smallest absolute Gasteiger partial charge is 0.352 e. The molecule has 0 aliphatic carbocycles. The summed E-state index contributed by atoms with van der Waals surface area (Å²) >= 11 is 10.7. The minimum atomic E-state index is -0.961. The Morgan fingerprint density at radius 1 is 0.981 bits per heavy atom. The van der Waals surface area contributed by atoms with Crippen LogP contribution in [0, 0.1) is 6.92 Å². The largest absolute Gasteiger partial charge is 0.493 e. The van der Waals surface area contributed by atoms with Crippen LogP contribution in [-0.4, -0.2) is 77.6 Å². The molecule has 8 rings (SSSR count). The predicted molar refractivity (Wildman–Crippen MR) is 218 cm³/mol. The number of piperidine rings is 1. The van der Waals surface area contributed by atoms with E-state index in [1.165, 1.54) is 0 Å². The highest BCUT2D eigenvalue weighted by molar-refractivity contribution is 7.98. The molecule has 1 saturated heterocycles. The number of hydrogen-bond donors (Lipinski definition) is 2. The van der Waals surface area contributed by atoms with Crippen LogP contribution < -0.4 is 4.74 Å². The molecule has 2 aliphatic rings. The van der Waals surface area contributed by atoms with Gasteiger partial charge in [0.2, 0.25) is 0 Å². The Morgan fingerprint density at radius 2 is 1.80 bits per heavy atom. The Morgan fingerprint density at radius 3 is 2.61 bits per heavy atom. The number of fused-ring (bicyclic) bond motifs is 8. The van der Waals surface area contributed by atoms with Crippen LogP contribution in [-0.2, 0) is 44.3 Å². The Bertz CT molecular complexity index is 2360. The summed E-state index contributed by atoms with van der Waals surface area (Å²) in [6.45, 7) is 5.17. The number of carbonyl (C=O) groups is 1. The number of carboxylic acid groups (broad SMARTS) is 1. The van der Waals surface area contributed by atoms with Crippen molar-refractivity contribution < 1.29 is 19.7 Å². The van der Waals surface area contributed by atoms with E-state index in [1.54, 1.807) is 23.5 Å². The fourth-order valence-corrected chi connectivity index (χ4v) is 10.1. The number of aryl methyl sites for hydroxylation is 3. The summed E-state index contributed by atoms with van der Waals surface area (Å²) in [7, 11) is 3.95. The second-order valence-corrected chi connectivity index (χ2v) is 16.8. The lowest BCUT2D eigenvalue weighted by atomic mass is 9.95. The van der Waals surface area contributed by atoms with Crippen molar-refractivity contribution in [3.05, 3.63) is 93.7 Å². The average molecular weight is 785 g/mol. The van der Waals surface area contributed by atoms with Crippen molar-refractivity contribution in [1.82, 2.24) is 29.0 Å². The van der Waals surface area contributed by atoms with Crippen LogP contribution in [0.1, 0.15) is 58.1 Å². The van der Waals surface area contributed by atoms with Crippen molar-refractivity contribution in [3.8, 4) is 16.9 Å². The molecule has 0 atom stereocenters. The molecule has 3 aromatic heterocycles. The van der Waals surface area contributed by atoms with Crippen molar-refractivity contribution in [3.63, 3.8) is 0 Å². The summed E-state index contributed by atoms with van der Waals surface area (Å²) in [5, 5.41) is 34.5. The molecule has 54 heavy (non-hydrogen) atoms. The van der Waals surface area contributed by atoms with Crippen LogP contribution in [0.5, 0.6) is 5.75 Å². The Labute approximate surface area is 328 Å². The van der Waals surface area contributed by atoms with E-state index in [0.717, 1.165) is 109 Å². The van der Waals surface area contributed by atoms with Gasteiger partial charge in [-0.2, -0.15) is 10.2 Å². The third-order valence-corrected chi connectivity index (χ3v) is 13.2. The number of halogens is 1. The molecule has 1 fully saturated rings. The number of ether oxygens (including phenoxy) is 1. The van der Waals surface area contributed by atoms with Crippen LogP contribution in [0.2, 0.25) is 5.02 Å². The number of aliphatic hydroxyl groups is 1. The lowest BCUT2D eigenvalue weighted by molar-refractivity contribution is 0.0683. The Hall–Kier alpha value is -3.94. The number of carboxylic acids is 1. The summed E-state index contributed by atoms with van der Waals surface area (Å²) in [5.41, 5.74) is 7.74. The van der Waals surface area contributed by atoms with Crippen molar-refractivity contribution >= 4 is 62.8 Å².